The van der Waals surface area contributed by atoms with E-state index in [1.54, 1.807) is 13.2 Å². The monoisotopic (exact) mass is 383 g/mol. The number of nitrogens with one attached hydrogen (secondary N) is 1. The molecule has 0 saturated carbocycles. The van der Waals surface area contributed by atoms with Gasteiger partial charge in [0, 0.05) is 18.0 Å². The molecule has 1 N–H and O–H groups in total. The number of likely N-dealkylation sites (tertiary alicyclic amines) is 1. The van der Waals surface area contributed by atoms with Crippen molar-refractivity contribution in [2.75, 3.05) is 20.2 Å². The number of hydrogen-bond acceptors (Lipinski definition) is 4. The van der Waals surface area contributed by atoms with Crippen LogP contribution < -0.4 is 10.2 Å². The highest BCUT2D eigenvalue weighted by molar-refractivity contribution is 5.99. The molecule has 2 aromatic carbocycles. The van der Waals surface area contributed by atoms with Crippen molar-refractivity contribution in [1.82, 2.24) is 10.3 Å². The second-order valence-corrected chi connectivity index (χ2v) is 7.04. The molecule has 1 saturated heterocycles. The number of amides is 1. The first-order valence-corrected chi connectivity index (χ1v) is 9.51. The summed E-state index contributed by atoms with van der Waals surface area (Å²) in [5, 5.41) is 4.24. The lowest BCUT2D eigenvalue weighted by Gasteiger charge is -2.31. The van der Waals surface area contributed by atoms with Crippen LogP contribution in [0.1, 0.15) is 30.9 Å². The molecule has 0 unspecified atom stereocenters. The summed E-state index contributed by atoms with van der Waals surface area (Å²) < 4.78 is 18.9. The van der Waals surface area contributed by atoms with E-state index in [1.807, 2.05) is 43.3 Å². The van der Waals surface area contributed by atoms with Gasteiger partial charge in [-0.05, 0) is 68.8 Å². The molecule has 0 aromatic heterocycles. The third kappa shape index (κ3) is 5.16. The number of hydrazone groups is 1. The summed E-state index contributed by atoms with van der Waals surface area (Å²) in [5.41, 5.74) is 5.07. The Morgan fingerprint density at radius 2 is 1.86 bits per heavy atom. The zero-order valence-electron chi connectivity index (χ0n) is 16.3. The molecule has 1 aliphatic rings. The molecule has 1 aliphatic heterocycles. The Morgan fingerprint density at radius 3 is 2.50 bits per heavy atom. The number of methoxy groups -OCH3 is 1. The molecule has 0 aliphatic carbocycles. The molecule has 148 valence electrons. The van der Waals surface area contributed by atoms with Gasteiger partial charge in [0.1, 0.15) is 11.6 Å². The van der Waals surface area contributed by atoms with E-state index in [9.17, 15) is 9.18 Å². The lowest BCUT2D eigenvalue weighted by molar-refractivity contribution is -0.126. The Balaban J connectivity index is 1.48. The fraction of sp³-hybridized carbons (Fsp3) is 0.364. The van der Waals surface area contributed by atoms with Crippen LogP contribution in [0.3, 0.4) is 0 Å². The van der Waals surface area contributed by atoms with E-state index < -0.39 is 0 Å². The van der Waals surface area contributed by atoms with Gasteiger partial charge in [-0.2, -0.15) is 5.10 Å². The van der Waals surface area contributed by atoms with Crippen molar-refractivity contribution in [3.05, 3.63) is 65.5 Å². The lowest BCUT2D eigenvalue weighted by atomic mass is 9.96. The van der Waals surface area contributed by atoms with Crippen LogP contribution in [-0.2, 0) is 11.3 Å². The van der Waals surface area contributed by atoms with Gasteiger partial charge in [0.2, 0.25) is 5.91 Å². The van der Waals surface area contributed by atoms with Crippen LogP contribution in [0, 0.1) is 11.7 Å². The number of hydrogen-bond donors (Lipinski definition) is 1. The summed E-state index contributed by atoms with van der Waals surface area (Å²) in [6, 6.07) is 14.4. The number of carbonyl (C=O) groups is 1. The van der Waals surface area contributed by atoms with Crippen molar-refractivity contribution < 1.29 is 13.9 Å². The van der Waals surface area contributed by atoms with Crippen molar-refractivity contribution in [2.45, 2.75) is 26.3 Å². The van der Waals surface area contributed by atoms with Crippen molar-refractivity contribution in [1.29, 1.82) is 0 Å². The maximum Gasteiger partial charge on any atom is 0.243 e. The van der Waals surface area contributed by atoms with Crippen molar-refractivity contribution >= 4 is 11.6 Å². The molecule has 0 spiro atoms. The lowest BCUT2D eigenvalue weighted by Crippen LogP contribution is -2.39. The maximum absolute atomic E-state index is 13.8. The summed E-state index contributed by atoms with van der Waals surface area (Å²) in [6.07, 6.45) is 1.49. The van der Waals surface area contributed by atoms with E-state index in [-0.39, 0.29) is 17.6 Å². The van der Waals surface area contributed by atoms with Gasteiger partial charge in [0.15, 0.2) is 0 Å². The van der Waals surface area contributed by atoms with Gasteiger partial charge in [0.25, 0.3) is 0 Å². The van der Waals surface area contributed by atoms with Gasteiger partial charge in [-0.1, -0.05) is 18.2 Å². The zero-order chi connectivity index (χ0) is 19.9. The van der Waals surface area contributed by atoms with Gasteiger partial charge >= 0.3 is 0 Å². The van der Waals surface area contributed by atoms with Crippen molar-refractivity contribution in [2.24, 2.45) is 11.0 Å². The van der Waals surface area contributed by atoms with Crippen LogP contribution in [0.4, 0.5) is 4.39 Å². The third-order valence-electron chi connectivity index (χ3n) is 5.15. The summed E-state index contributed by atoms with van der Waals surface area (Å²) in [5.74, 6) is 0.483. The summed E-state index contributed by atoms with van der Waals surface area (Å²) in [7, 11) is 1.62. The van der Waals surface area contributed by atoms with Crippen LogP contribution in [0.15, 0.2) is 53.6 Å². The zero-order valence-corrected chi connectivity index (χ0v) is 16.3. The summed E-state index contributed by atoms with van der Waals surface area (Å²) in [6.45, 7) is 3.98. The predicted molar refractivity (Wildman–Crippen MR) is 108 cm³/mol. The van der Waals surface area contributed by atoms with E-state index in [2.05, 4.69) is 15.4 Å². The number of nitrogens with zero attached hydrogens (tertiary/aromatic N) is 2. The largest absolute Gasteiger partial charge is 0.497 e. The molecule has 1 fully saturated rings. The highest BCUT2D eigenvalue weighted by Crippen LogP contribution is 2.20. The number of halogens is 1. The first-order chi connectivity index (χ1) is 13.6. The first kappa shape index (κ1) is 20.0. The quantitative estimate of drug-likeness (QED) is 0.613. The molecule has 5 nitrogen and oxygen atoms in total. The van der Waals surface area contributed by atoms with Crippen molar-refractivity contribution in [3.63, 3.8) is 0 Å². The van der Waals surface area contributed by atoms with E-state index in [1.165, 1.54) is 6.07 Å². The fourth-order valence-corrected chi connectivity index (χ4v) is 3.35. The van der Waals surface area contributed by atoms with E-state index in [0.717, 1.165) is 43.0 Å². The molecule has 2 aromatic rings. The van der Waals surface area contributed by atoms with Crippen molar-refractivity contribution in [3.8, 4) is 5.75 Å². The maximum atomic E-state index is 13.8. The number of rotatable bonds is 6. The molecule has 1 heterocycles. The number of carbonyl (C=O) groups excluding carboxylic acids is 1. The minimum atomic E-state index is -0.175. The molecule has 0 atom stereocenters. The van der Waals surface area contributed by atoms with Crippen LogP contribution in [-0.4, -0.2) is 36.7 Å². The number of ether oxygens (including phenoxy) is 1. The molecule has 1 amide bonds. The molecule has 6 heteroatoms. The molecule has 28 heavy (non-hydrogen) atoms. The molecular formula is C22H26FN3O2. The Bertz CT molecular complexity index is 828. The normalized spacial score (nSPS) is 16.0. The molecular weight excluding hydrogens is 357 g/mol. The van der Waals surface area contributed by atoms with E-state index in [4.69, 9.17) is 4.74 Å². The highest BCUT2D eigenvalue weighted by atomic mass is 19.1. The van der Waals surface area contributed by atoms with Gasteiger partial charge in [-0.3, -0.25) is 9.69 Å². The van der Waals surface area contributed by atoms with Gasteiger partial charge in [-0.25, -0.2) is 9.82 Å². The average Bonchev–Trinajstić information content (AvgIpc) is 2.74. The summed E-state index contributed by atoms with van der Waals surface area (Å²) >= 11 is 0. The first-order valence-electron chi connectivity index (χ1n) is 9.51. The fourth-order valence-electron chi connectivity index (χ4n) is 3.35. The third-order valence-corrected chi connectivity index (χ3v) is 5.15. The number of benzene rings is 2. The van der Waals surface area contributed by atoms with Gasteiger partial charge in [-0.15, -0.1) is 0 Å². The SMILES string of the molecule is COc1ccc(C(C)=NNC(=O)C2CCN(Cc3ccccc3F)CC2)cc1. The second kappa shape index (κ2) is 9.46. The topological polar surface area (TPSA) is 53.9 Å². The van der Waals surface area contributed by atoms with Gasteiger partial charge < -0.3 is 4.74 Å². The molecule has 0 bridgehead atoms. The van der Waals surface area contributed by atoms with Gasteiger partial charge in [0.05, 0.1) is 12.8 Å². The summed E-state index contributed by atoms with van der Waals surface area (Å²) in [4.78, 5) is 14.6. The standard InChI is InChI=1S/C22H26FN3O2/c1-16(17-7-9-20(28-2)10-8-17)24-25-22(27)18-11-13-26(14-12-18)15-19-5-3-4-6-21(19)23/h3-10,18H,11-15H2,1-2H3,(H,25,27). The second-order valence-electron chi connectivity index (χ2n) is 7.04. The minimum Gasteiger partial charge on any atom is -0.497 e. The van der Waals surface area contributed by atoms with E-state index >= 15 is 0 Å². The van der Waals surface area contributed by atoms with E-state index in [0.29, 0.717) is 12.1 Å². The Hall–Kier alpha value is -2.73. The minimum absolute atomic E-state index is 0.0570. The van der Waals surface area contributed by atoms with Crippen LogP contribution >= 0.6 is 0 Å². The van der Waals surface area contributed by atoms with Crippen LogP contribution in [0.5, 0.6) is 5.75 Å². The molecule has 3 rings (SSSR count). The predicted octanol–water partition coefficient (Wildman–Crippen LogP) is 3.59. The van der Waals surface area contributed by atoms with Crippen LogP contribution in [0.2, 0.25) is 0 Å². The Labute approximate surface area is 165 Å². The molecule has 0 radical (unpaired) electrons. The average molecular weight is 383 g/mol. The highest BCUT2D eigenvalue weighted by Gasteiger charge is 2.25. The smallest absolute Gasteiger partial charge is 0.243 e. The number of piperidine rings is 1. The Kier molecular flexibility index (Phi) is 6.76. The Morgan fingerprint density at radius 1 is 1.18 bits per heavy atom. The van der Waals surface area contributed by atoms with Crippen LogP contribution in [0.25, 0.3) is 0 Å².